The number of hydrogen-bond acceptors (Lipinski definition) is 4. The van der Waals surface area contributed by atoms with E-state index >= 15 is 0 Å². The third kappa shape index (κ3) is 4.32. The number of rotatable bonds is 6. The minimum absolute atomic E-state index is 0.346. The number of aryl methyl sites for hydroxylation is 1. The van der Waals surface area contributed by atoms with Crippen LogP contribution in [0.5, 0.6) is 5.75 Å². The van der Waals surface area contributed by atoms with Gasteiger partial charge in [0.05, 0.1) is 12.7 Å². The third-order valence-corrected chi connectivity index (χ3v) is 3.84. The first kappa shape index (κ1) is 16.9. The van der Waals surface area contributed by atoms with Crippen LogP contribution >= 0.6 is 0 Å². The second-order valence-electron chi connectivity index (χ2n) is 5.96. The fourth-order valence-electron chi connectivity index (χ4n) is 2.73. The van der Waals surface area contributed by atoms with Gasteiger partial charge in [0, 0.05) is 12.5 Å². The molecule has 0 bridgehead atoms. The molecule has 0 fully saturated rings. The Bertz CT molecular complexity index is 856. The van der Waals surface area contributed by atoms with E-state index in [2.05, 4.69) is 17.2 Å². The molecule has 5 heteroatoms. The molecule has 2 aromatic carbocycles. The average molecular weight is 335 g/mol. The summed E-state index contributed by atoms with van der Waals surface area (Å²) in [5, 5.41) is 8.48. The van der Waals surface area contributed by atoms with E-state index in [1.807, 2.05) is 54.7 Å². The van der Waals surface area contributed by atoms with Gasteiger partial charge in [0.1, 0.15) is 11.4 Å². The number of hydrogen-bond donors (Lipinski definition) is 0. The molecule has 0 N–H and O–H groups in total. The molecule has 25 heavy (non-hydrogen) atoms. The minimum atomic E-state index is -0.346. The summed E-state index contributed by atoms with van der Waals surface area (Å²) in [7, 11) is 0. The number of aromatic nitrogens is 3. The largest absolute Gasteiger partial charge is 0.426 e. The molecule has 0 spiro atoms. The van der Waals surface area contributed by atoms with Gasteiger partial charge >= 0.3 is 5.97 Å². The molecular formula is C20H21N3O2. The molecule has 0 aliphatic heterocycles. The molecular weight excluding hydrogens is 314 g/mol. The highest BCUT2D eigenvalue weighted by atomic mass is 16.5. The molecule has 0 amide bonds. The Morgan fingerprint density at radius 1 is 1.12 bits per heavy atom. The lowest BCUT2D eigenvalue weighted by atomic mass is 10.0. The van der Waals surface area contributed by atoms with Crippen molar-refractivity contribution >= 4 is 5.97 Å². The van der Waals surface area contributed by atoms with Gasteiger partial charge < -0.3 is 4.74 Å². The fourth-order valence-corrected chi connectivity index (χ4v) is 2.73. The molecule has 0 atom stereocenters. The van der Waals surface area contributed by atoms with Gasteiger partial charge in [0.25, 0.3) is 0 Å². The van der Waals surface area contributed by atoms with Crippen molar-refractivity contribution in [1.29, 1.82) is 0 Å². The summed E-state index contributed by atoms with van der Waals surface area (Å²) in [5.41, 5.74) is 3.83. The zero-order valence-electron chi connectivity index (χ0n) is 14.5. The van der Waals surface area contributed by atoms with Crippen molar-refractivity contribution in [2.45, 2.75) is 33.2 Å². The lowest BCUT2D eigenvalue weighted by Crippen LogP contribution is -2.03. The van der Waals surface area contributed by atoms with Gasteiger partial charge in [-0.1, -0.05) is 55.0 Å². The Labute approximate surface area is 147 Å². The van der Waals surface area contributed by atoms with Gasteiger partial charge in [-0.05, 0) is 29.7 Å². The highest BCUT2D eigenvalue weighted by Gasteiger charge is 2.13. The van der Waals surface area contributed by atoms with Crippen molar-refractivity contribution in [3.05, 3.63) is 65.9 Å². The number of ether oxygens (including phenoxy) is 1. The second kappa shape index (κ2) is 7.75. The Balaban J connectivity index is 1.91. The first-order valence-electron chi connectivity index (χ1n) is 8.41. The Morgan fingerprint density at radius 3 is 2.64 bits per heavy atom. The van der Waals surface area contributed by atoms with E-state index in [1.54, 1.807) is 4.68 Å². The van der Waals surface area contributed by atoms with Crippen LogP contribution in [0.4, 0.5) is 0 Å². The summed E-state index contributed by atoms with van der Waals surface area (Å²) >= 11 is 0. The van der Waals surface area contributed by atoms with E-state index in [9.17, 15) is 4.79 Å². The fraction of sp³-hybridized carbons (Fsp3) is 0.250. The lowest BCUT2D eigenvalue weighted by Gasteiger charge is -2.09. The average Bonchev–Trinajstić information content (AvgIpc) is 3.05. The summed E-state index contributed by atoms with van der Waals surface area (Å²) in [6, 6.07) is 15.9. The highest BCUT2D eigenvalue weighted by molar-refractivity contribution is 5.75. The number of carbonyl (C=O) groups is 1. The maximum absolute atomic E-state index is 11.4. The summed E-state index contributed by atoms with van der Waals surface area (Å²) in [5.74, 6) is 0.167. The predicted molar refractivity (Wildman–Crippen MR) is 96.3 cm³/mol. The van der Waals surface area contributed by atoms with Crippen LogP contribution in [-0.2, 0) is 17.8 Å². The van der Waals surface area contributed by atoms with E-state index in [4.69, 9.17) is 4.74 Å². The zero-order valence-corrected chi connectivity index (χ0v) is 14.5. The molecule has 1 aromatic heterocycles. The predicted octanol–water partition coefficient (Wildman–Crippen LogP) is 3.87. The standard InChI is InChI=1S/C20H21N3O2/c1-3-7-16-10-11-20(25-15(2)24)18(12-16)19-14-23(22-21-19)13-17-8-5-4-6-9-17/h4-6,8-12,14H,3,7,13H2,1-2H3. The maximum atomic E-state index is 11.4. The third-order valence-electron chi connectivity index (χ3n) is 3.84. The summed E-state index contributed by atoms with van der Waals surface area (Å²) < 4.78 is 7.13. The number of benzene rings is 2. The zero-order chi connectivity index (χ0) is 17.6. The van der Waals surface area contributed by atoms with Gasteiger partial charge in [-0.2, -0.15) is 0 Å². The summed E-state index contributed by atoms with van der Waals surface area (Å²) in [6.07, 6.45) is 3.89. The Morgan fingerprint density at radius 2 is 1.92 bits per heavy atom. The van der Waals surface area contributed by atoms with E-state index < -0.39 is 0 Å². The quantitative estimate of drug-likeness (QED) is 0.507. The van der Waals surface area contributed by atoms with E-state index in [0.29, 0.717) is 18.0 Å². The number of carbonyl (C=O) groups excluding carboxylic acids is 1. The van der Waals surface area contributed by atoms with Crippen LogP contribution in [0.3, 0.4) is 0 Å². The molecule has 3 rings (SSSR count). The molecule has 0 unspecified atom stereocenters. The van der Waals surface area contributed by atoms with Crippen LogP contribution in [-0.4, -0.2) is 21.0 Å². The number of esters is 1. The van der Waals surface area contributed by atoms with E-state index in [-0.39, 0.29) is 5.97 Å². The van der Waals surface area contributed by atoms with Crippen molar-refractivity contribution in [2.24, 2.45) is 0 Å². The van der Waals surface area contributed by atoms with Crippen molar-refractivity contribution in [1.82, 2.24) is 15.0 Å². The molecule has 1 heterocycles. The van der Waals surface area contributed by atoms with Gasteiger partial charge in [0.2, 0.25) is 0 Å². The van der Waals surface area contributed by atoms with E-state index in [0.717, 1.165) is 24.0 Å². The summed E-state index contributed by atoms with van der Waals surface area (Å²) in [4.78, 5) is 11.4. The molecule has 0 saturated carbocycles. The monoisotopic (exact) mass is 335 g/mol. The van der Waals surface area contributed by atoms with Crippen LogP contribution in [0.2, 0.25) is 0 Å². The van der Waals surface area contributed by atoms with Crippen LogP contribution in [0.1, 0.15) is 31.4 Å². The normalized spacial score (nSPS) is 10.6. The van der Waals surface area contributed by atoms with Gasteiger partial charge in [-0.15, -0.1) is 5.10 Å². The maximum Gasteiger partial charge on any atom is 0.308 e. The first-order chi connectivity index (χ1) is 12.2. The Kier molecular flexibility index (Phi) is 5.23. The molecule has 0 saturated heterocycles. The van der Waals surface area contributed by atoms with Crippen molar-refractivity contribution < 1.29 is 9.53 Å². The number of nitrogens with zero attached hydrogens (tertiary/aromatic N) is 3. The molecule has 128 valence electrons. The van der Waals surface area contributed by atoms with Crippen molar-refractivity contribution in [3.8, 4) is 17.0 Å². The highest BCUT2D eigenvalue weighted by Crippen LogP contribution is 2.30. The lowest BCUT2D eigenvalue weighted by molar-refractivity contribution is -0.131. The molecule has 0 aliphatic carbocycles. The molecule has 0 aliphatic rings. The van der Waals surface area contributed by atoms with Crippen LogP contribution in [0.25, 0.3) is 11.3 Å². The SMILES string of the molecule is CCCc1ccc(OC(C)=O)c(-c2cn(Cc3ccccc3)nn2)c1. The first-order valence-corrected chi connectivity index (χ1v) is 8.41. The molecule has 0 radical (unpaired) electrons. The van der Waals surface area contributed by atoms with Crippen molar-refractivity contribution in [3.63, 3.8) is 0 Å². The minimum Gasteiger partial charge on any atom is -0.426 e. The van der Waals surface area contributed by atoms with E-state index in [1.165, 1.54) is 12.5 Å². The second-order valence-corrected chi connectivity index (χ2v) is 5.96. The van der Waals surface area contributed by atoms with Crippen LogP contribution in [0.15, 0.2) is 54.7 Å². The van der Waals surface area contributed by atoms with Gasteiger partial charge in [-0.25, -0.2) is 4.68 Å². The van der Waals surface area contributed by atoms with Crippen LogP contribution < -0.4 is 4.74 Å². The Hall–Kier alpha value is -2.95. The summed E-state index contributed by atoms with van der Waals surface area (Å²) in [6.45, 7) is 4.18. The molecule has 5 nitrogen and oxygen atoms in total. The van der Waals surface area contributed by atoms with Gasteiger partial charge in [0.15, 0.2) is 0 Å². The topological polar surface area (TPSA) is 57.0 Å². The van der Waals surface area contributed by atoms with Crippen LogP contribution in [0, 0.1) is 0 Å². The molecule has 3 aromatic rings. The van der Waals surface area contributed by atoms with Gasteiger partial charge in [-0.3, -0.25) is 4.79 Å². The smallest absolute Gasteiger partial charge is 0.308 e. The van der Waals surface area contributed by atoms with Crippen molar-refractivity contribution in [2.75, 3.05) is 0 Å².